The van der Waals surface area contributed by atoms with Gasteiger partial charge in [0, 0.05) is 32.9 Å². The second kappa shape index (κ2) is 5.94. The molecule has 2 rings (SSSR count). The van der Waals surface area contributed by atoms with Gasteiger partial charge in [-0.15, -0.1) is 0 Å². The molecule has 0 aromatic carbocycles. The Balaban J connectivity index is 1.69. The van der Waals surface area contributed by atoms with E-state index in [1.165, 1.54) is 18.9 Å². The van der Waals surface area contributed by atoms with E-state index in [9.17, 15) is 9.59 Å². The highest BCUT2D eigenvalue weighted by molar-refractivity contribution is 5.84. The maximum absolute atomic E-state index is 11.8. The minimum absolute atomic E-state index is 0.0103. The molecular formula is C13H20N4O3. The number of imidazole rings is 1. The second-order valence-corrected chi connectivity index (χ2v) is 5.39. The van der Waals surface area contributed by atoms with Gasteiger partial charge >= 0.3 is 12.0 Å². The summed E-state index contributed by atoms with van der Waals surface area (Å²) in [5, 5.41) is 11.6. The van der Waals surface area contributed by atoms with Gasteiger partial charge in [0.2, 0.25) is 0 Å². The number of amides is 2. The van der Waals surface area contributed by atoms with E-state index in [1.807, 2.05) is 0 Å². The van der Waals surface area contributed by atoms with E-state index in [4.69, 9.17) is 5.11 Å². The van der Waals surface area contributed by atoms with Gasteiger partial charge in [0.15, 0.2) is 5.69 Å². The molecule has 1 aliphatic carbocycles. The Morgan fingerprint density at radius 3 is 2.85 bits per heavy atom. The molecule has 1 aromatic rings. The van der Waals surface area contributed by atoms with E-state index in [0.717, 1.165) is 12.5 Å². The molecule has 2 amide bonds. The molecule has 1 aromatic heterocycles. The van der Waals surface area contributed by atoms with Crippen LogP contribution in [0.25, 0.3) is 0 Å². The Labute approximate surface area is 117 Å². The van der Waals surface area contributed by atoms with Crippen LogP contribution in [0.1, 0.15) is 23.8 Å². The fraction of sp³-hybridized carbons (Fsp3) is 0.615. The number of carboxylic acids is 1. The molecule has 0 saturated heterocycles. The molecule has 0 spiro atoms. The summed E-state index contributed by atoms with van der Waals surface area (Å²) in [4.78, 5) is 27.9. The monoisotopic (exact) mass is 280 g/mol. The topological polar surface area (TPSA) is 87.5 Å². The SMILES string of the molecule is CC1CC1CN(C)C(=O)NCCn1cnc(C(=O)O)c1. The van der Waals surface area contributed by atoms with Crippen LogP contribution in [0, 0.1) is 11.8 Å². The Hall–Kier alpha value is -2.05. The van der Waals surface area contributed by atoms with Crippen molar-refractivity contribution in [3.8, 4) is 0 Å². The third kappa shape index (κ3) is 3.72. The quantitative estimate of drug-likeness (QED) is 0.809. The normalized spacial score (nSPS) is 20.5. The highest BCUT2D eigenvalue weighted by atomic mass is 16.4. The van der Waals surface area contributed by atoms with E-state index < -0.39 is 5.97 Å². The predicted molar refractivity (Wildman–Crippen MR) is 72.5 cm³/mol. The predicted octanol–water partition coefficient (Wildman–Crippen LogP) is 0.879. The lowest BCUT2D eigenvalue weighted by molar-refractivity contribution is 0.0691. The number of hydrogen-bond donors (Lipinski definition) is 2. The van der Waals surface area contributed by atoms with Crippen molar-refractivity contribution in [1.29, 1.82) is 0 Å². The summed E-state index contributed by atoms with van der Waals surface area (Å²) < 4.78 is 1.65. The Morgan fingerprint density at radius 1 is 1.60 bits per heavy atom. The summed E-state index contributed by atoms with van der Waals surface area (Å²) in [6.45, 7) is 3.93. The lowest BCUT2D eigenvalue weighted by Gasteiger charge is -2.17. The molecular weight excluding hydrogens is 260 g/mol. The zero-order valence-corrected chi connectivity index (χ0v) is 11.7. The van der Waals surface area contributed by atoms with Crippen molar-refractivity contribution in [2.24, 2.45) is 11.8 Å². The lowest BCUT2D eigenvalue weighted by Crippen LogP contribution is -2.39. The highest BCUT2D eigenvalue weighted by Gasteiger charge is 2.34. The zero-order chi connectivity index (χ0) is 14.7. The van der Waals surface area contributed by atoms with Crippen LogP contribution in [-0.2, 0) is 6.54 Å². The molecule has 2 N–H and O–H groups in total. The van der Waals surface area contributed by atoms with Crippen LogP contribution >= 0.6 is 0 Å². The Bertz CT molecular complexity index is 500. The largest absolute Gasteiger partial charge is 0.476 e. The Morgan fingerprint density at radius 2 is 2.30 bits per heavy atom. The van der Waals surface area contributed by atoms with E-state index in [-0.39, 0.29) is 11.7 Å². The zero-order valence-electron chi connectivity index (χ0n) is 11.7. The van der Waals surface area contributed by atoms with Gasteiger partial charge in [0.25, 0.3) is 0 Å². The van der Waals surface area contributed by atoms with Crippen LogP contribution < -0.4 is 5.32 Å². The number of carboxylic acid groups (broad SMARTS) is 1. The van der Waals surface area contributed by atoms with E-state index >= 15 is 0 Å². The van der Waals surface area contributed by atoms with Crippen molar-refractivity contribution in [2.75, 3.05) is 20.1 Å². The first-order chi connectivity index (χ1) is 9.47. The molecule has 2 unspecified atom stereocenters. The van der Waals surface area contributed by atoms with Gasteiger partial charge in [-0.3, -0.25) is 0 Å². The smallest absolute Gasteiger partial charge is 0.356 e. The summed E-state index contributed by atoms with van der Waals surface area (Å²) in [7, 11) is 1.79. The number of carbonyl (C=O) groups excluding carboxylic acids is 1. The fourth-order valence-electron chi connectivity index (χ4n) is 2.11. The van der Waals surface area contributed by atoms with E-state index in [0.29, 0.717) is 19.0 Å². The number of rotatable bonds is 6. The third-order valence-corrected chi connectivity index (χ3v) is 3.63. The molecule has 1 aliphatic rings. The summed E-state index contributed by atoms with van der Waals surface area (Å²) in [6, 6.07) is -0.0947. The molecule has 20 heavy (non-hydrogen) atoms. The van der Waals surface area contributed by atoms with Crippen molar-refractivity contribution in [1.82, 2.24) is 19.8 Å². The first kappa shape index (κ1) is 14.4. The van der Waals surface area contributed by atoms with Crippen molar-refractivity contribution >= 4 is 12.0 Å². The van der Waals surface area contributed by atoms with Gasteiger partial charge < -0.3 is 19.9 Å². The average molecular weight is 280 g/mol. The number of carbonyl (C=O) groups is 2. The van der Waals surface area contributed by atoms with Crippen molar-refractivity contribution in [3.05, 3.63) is 18.2 Å². The maximum Gasteiger partial charge on any atom is 0.356 e. The summed E-state index contributed by atoms with van der Waals surface area (Å²) in [6.07, 6.45) is 4.10. The molecule has 1 fully saturated rings. The maximum atomic E-state index is 11.8. The molecule has 7 heteroatoms. The second-order valence-electron chi connectivity index (χ2n) is 5.39. The number of aromatic nitrogens is 2. The summed E-state index contributed by atoms with van der Waals surface area (Å²) in [5.74, 6) is 0.314. The van der Waals surface area contributed by atoms with E-state index in [1.54, 1.807) is 16.5 Å². The van der Waals surface area contributed by atoms with Crippen LogP contribution in [0.3, 0.4) is 0 Å². The van der Waals surface area contributed by atoms with Crippen LogP contribution in [0.15, 0.2) is 12.5 Å². The lowest BCUT2D eigenvalue weighted by atomic mass is 10.3. The summed E-state index contributed by atoms with van der Waals surface area (Å²) >= 11 is 0. The number of hydrogen-bond acceptors (Lipinski definition) is 3. The molecule has 0 aliphatic heterocycles. The van der Waals surface area contributed by atoms with Gasteiger partial charge in [0.05, 0.1) is 6.33 Å². The molecule has 2 atom stereocenters. The van der Waals surface area contributed by atoms with Crippen molar-refractivity contribution in [3.63, 3.8) is 0 Å². The van der Waals surface area contributed by atoms with Crippen molar-refractivity contribution in [2.45, 2.75) is 19.9 Å². The van der Waals surface area contributed by atoms with Gasteiger partial charge in [-0.1, -0.05) is 6.92 Å². The average Bonchev–Trinajstić information content (AvgIpc) is 2.91. The van der Waals surface area contributed by atoms with E-state index in [2.05, 4.69) is 17.2 Å². The molecule has 0 bridgehead atoms. The number of nitrogens with one attached hydrogen (secondary N) is 1. The number of nitrogens with zero attached hydrogens (tertiary/aromatic N) is 3. The first-order valence-electron chi connectivity index (χ1n) is 6.71. The Kier molecular flexibility index (Phi) is 4.26. The van der Waals surface area contributed by atoms with Gasteiger partial charge in [-0.25, -0.2) is 14.6 Å². The van der Waals surface area contributed by atoms with Crippen LogP contribution in [0.2, 0.25) is 0 Å². The molecule has 1 heterocycles. The first-order valence-corrected chi connectivity index (χ1v) is 6.71. The van der Waals surface area contributed by atoms with Crippen LogP contribution in [-0.4, -0.2) is 51.7 Å². The fourth-order valence-corrected chi connectivity index (χ4v) is 2.11. The van der Waals surface area contributed by atoms with Gasteiger partial charge in [0.1, 0.15) is 0 Å². The highest BCUT2D eigenvalue weighted by Crippen LogP contribution is 2.37. The van der Waals surface area contributed by atoms with Crippen LogP contribution in [0.4, 0.5) is 4.79 Å². The number of urea groups is 1. The molecule has 0 radical (unpaired) electrons. The molecule has 1 saturated carbocycles. The molecule has 7 nitrogen and oxygen atoms in total. The van der Waals surface area contributed by atoms with Gasteiger partial charge in [-0.05, 0) is 18.3 Å². The minimum atomic E-state index is -1.05. The van der Waals surface area contributed by atoms with Crippen LogP contribution in [0.5, 0.6) is 0 Å². The van der Waals surface area contributed by atoms with Gasteiger partial charge in [-0.2, -0.15) is 0 Å². The third-order valence-electron chi connectivity index (χ3n) is 3.63. The molecule has 110 valence electrons. The minimum Gasteiger partial charge on any atom is -0.476 e. The standard InChI is InChI=1S/C13H20N4O3/c1-9-5-10(9)6-16(2)13(20)14-3-4-17-7-11(12(18)19)15-8-17/h7-10H,3-6H2,1-2H3,(H,14,20)(H,18,19). The van der Waals surface area contributed by atoms with Crippen molar-refractivity contribution < 1.29 is 14.7 Å². The summed E-state index contributed by atoms with van der Waals surface area (Å²) in [5.41, 5.74) is 0.0103. The number of aromatic carboxylic acids is 1.